The van der Waals surface area contributed by atoms with Crippen LogP contribution in [0.2, 0.25) is 0 Å². The van der Waals surface area contributed by atoms with Gasteiger partial charge < -0.3 is 15.0 Å². The maximum Gasteiger partial charge on any atom is 0.419 e. The first-order valence-electron chi connectivity index (χ1n) is 11.9. The number of carbonyl (C=O) groups excluding carboxylic acids is 2. The third-order valence-electron chi connectivity index (χ3n) is 7.06. The van der Waals surface area contributed by atoms with Crippen molar-refractivity contribution in [2.75, 3.05) is 40.6 Å². The van der Waals surface area contributed by atoms with Crippen molar-refractivity contribution in [3.8, 4) is 5.75 Å². The van der Waals surface area contributed by atoms with Crippen LogP contribution >= 0.6 is 11.8 Å². The number of benzene rings is 2. The number of hydrogen-bond acceptors (Lipinski definition) is 7. The van der Waals surface area contributed by atoms with Gasteiger partial charge in [-0.1, -0.05) is 6.07 Å². The van der Waals surface area contributed by atoms with Gasteiger partial charge in [0.05, 0.1) is 23.3 Å². The van der Waals surface area contributed by atoms with Crippen molar-refractivity contribution in [3.05, 3.63) is 42.0 Å². The van der Waals surface area contributed by atoms with E-state index in [0.717, 1.165) is 40.9 Å². The van der Waals surface area contributed by atoms with E-state index in [2.05, 4.69) is 27.9 Å². The van der Waals surface area contributed by atoms with E-state index < -0.39 is 6.09 Å². The van der Waals surface area contributed by atoms with Crippen molar-refractivity contribution >= 4 is 40.8 Å². The number of carbonyl (C=O) groups is 2. The highest BCUT2D eigenvalue weighted by Crippen LogP contribution is 2.40. The first kappa shape index (κ1) is 21.8. The lowest BCUT2D eigenvalue weighted by atomic mass is 9.97. The SMILES string of the molecule is CC(=O)N1c2ccc(C3CNN(C4CC4)C3)cc2N(C(=O)Oc2ccc3c(c2)SCN3)C[C@@H]1C. The summed E-state index contributed by atoms with van der Waals surface area (Å²) >= 11 is 1.69. The molecule has 0 spiro atoms. The number of fused-ring (bicyclic) bond motifs is 2. The van der Waals surface area contributed by atoms with Crippen LogP contribution in [0.25, 0.3) is 0 Å². The van der Waals surface area contributed by atoms with Crippen molar-refractivity contribution in [2.24, 2.45) is 0 Å². The van der Waals surface area contributed by atoms with Gasteiger partial charge in [0.1, 0.15) is 5.75 Å². The molecule has 2 fully saturated rings. The highest BCUT2D eigenvalue weighted by Gasteiger charge is 2.38. The second-order valence-electron chi connectivity index (χ2n) is 9.53. The molecule has 3 heterocycles. The number of ether oxygens (including phenoxy) is 1. The Kier molecular flexibility index (Phi) is 5.43. The minimum atomic E-state index is -0.423. The summed E-state index contributed by atoms with van der Waals surface area (Å²) in [5, 5.41) is 5.64. The zero-order valence-corrected chi connectivity index (χ0v) is 20.2. The average Bonchev–Trinajstić information content (AvgIpc) is 3.36. The van der Waals surface area contributed by atoms with Crippen molar-refractivity contribution in [1.82, 2.24) is 10.4 Å². The maximum absolute atomic E-state index is 13.4. The number of hydrogen-bond donors (Lipinski definition) is 2. The molecule has 0 radical (unpaired) electrons. The molecule has 2 N–H and O–H groups in total. The third-order valence-corrected chi connectivity index (χ3v) is 8.00. The fourth-order valence-electron chi connectivity index (χ4n) is 5.21. The molecule has 0 aromatic heterocycles. The predicted molar refractivity (Wildman–Crippen MR) is 134 cm³/mol. The Morgan fingerprint density at radius 2 is 1.94 bits per heavy atom. The molecule has 4 aliphatic rings. The third kappa shape index (κ3) is 3.91. The maximum atomic E-state index is 13.4. The number of thioether (sulfide) groups is 1. The Morgan fingerprint density at radius 3 is 2.74 bits per heavy atom. The number of anilines is 3. The standard InChI is InChI=1S/C25H29N5O3S/c1-15-12-28(25(32)33-20-6-7-21-24(10-20)34-14-26-21)23-9-17(3-8-22(23)30(15)16(2)31)18-11-27-29(13-18)19-4-5-19/h3,6-10,15,18-19,26-27H,4-5,11-14H2,1-2H3/t15-,18?/m0/s1. The van der Waals surface area contributed by atoms with Crippen molar-refractivity contribution in [2.45, 2.75) is 49.6 Å². The summed E-state index contributed by atoms with van der Waals surface area (Å²) in [4.78, 5) is 30.4. The molecule has 2 aromatic rings. The average molecular weight is 480 g/mol. The monoisotopic (exact) mass is 479 g/mol. The van der Waals surface area contributed by atoms with Gasteiger partial charge >= 0.3 is 6.09 Å². The van der Waals surface area contributed by atoms with Crippen LogP contribution in [0.5, 0.6) is 5.75 Å². The lowest BCUT2D eigenvalue weighted by Gasteiger charge is -2.40. The Labute approximate surface area is 203 Å². The van der Waals surface area contributed by atoms with Crippen LogP contribution in [-0.2, 0) is 4.79 Å². The molecule has 34 heavy (non-hydrogen) atoms. The second kappa shape index (κ2) is 8.48. The molecule has 3 aliphatic heterocycles. The smallest absolute Gasteiger partial charge is 0.410 e. The summed E-state index contributed by atoms with van der Waals surface area (Å²) < 4.78 is 5.82. The van der Waals surface area contributed by atoms with E-state index in [1.807, 2.05) is 31.2 Å². The molecule has 9 heteroatoms. The molecule has 0 bridgehead atoms. The summed E-state index contributed by atoms with van der Waals surface area (Å²) in [5.74, 6) is 1.66. The van der Waals surface area contributed by atoms with Gasteiger partial charge in [-0.25, -0.2) is 9.80 Å². The Bertz CT molecular complexity index is 1150. The largest absolute Gasteiger partial charge is 0.419 e. The lowest BCUT2D eigenvalue weighted by Crippen LogP contribution is -2.52. The molecular weight excluding hydrogens is 450 g/mol. The topological polar surface area (TPSA) is 77.2 Å². The highest BCUT2D eigenvalue weighted by atomic mass is 32.2. The zero-order chi connectivity index (χ0) is 23.4. The first-order valence-corrected chi connectivity index (χ1v) is 12.9. The molecule has 178 valence electrons. The van der Waals surface area contributed by atoms with Gasteiger partial charge in [0.2, 0.25) is 5.91 Å². The Balaban J connectivity index is 1.30. The van der Waals surface area contributed by atoms with Gasteiger partial charge in [0.15, 0.2) is 0 Å². The van der Waals surface area contributed by atoms with Crippen molar-refractivity contribution in [1.29, 1.82) is 0 Å². The van der Waals surface area contributed by atoms with Crippen LogP contribution in [0.3, 0.4) is 0 Å². The molecule has 1 saturated heterocycles. The summed E-state index contributed by atoms with van der Waals surface area (Å²) in [6.45, 7) is 5.76. The molecule has 6 rings (SSSR count). The number of hydrazine groups is 1. The van der Waals surface area contributed by atoms with Gasteiger partial charge in [-0.2, -0.15) is 0 Å². The van der Waals surface area contributed by atoms with Crippen LogP contribution in [0.4, 0.5) is 21.9 Å². The zero-order valence-electron chi connectivity index (χ0n) is 19.4. The second-order valence-corrected chi connectivity index (χ2v) is 10.5. The van der Waals surface area contributed by atoms with E-state index in [1.165, 1.54) is 18.4 Å². The minimum absolute atomic E-state index is 0.0277. The first-order chi connectivity index (χ1) is 16.5. The predicted octanol–water partition coefficient (Wildman–Crippen LogP) is 3.99. The summed E-state index contributed by atoms with van der Waals surface area (Å²) in [7, 11) is 0. The fraction of sp³-hybridized carbons (Fsp3) is 0.440. The van der Waals surface area contributed by atoms with E-state index in [9.17, 15) is 9.59 Å². The van der Waals surface area contributed by atoms with Gasteiger partial charge in [-0.15, -0.1) is 11.8 Å². The van der Waals surface area contributed by atoms with Crippen molar-refractivity contribution < 1.29 is 14.3 Å². The Hall–Kier alpha value is -2.75. The fourth-order valence-corrected chi connectivity index (χ4v) is 6.09. The number of rotatable bonds is 3. The van der Waals surface area contributed by atoms with Crippen LogP contribution in [0.15, 0.2) is 41.3 Å². The van der Waals surface area contributed by atoms with Crippen LogP contribution in [-0.4, -0.2) is 54.6 Å². The van der Waals surface area contributed by atoms with Gasteiger partial charge in [0, 0.05) is 49.1 Å². The molecule has 2 aromatic carbocycles. The molecular formula is C25H29N5O3S. The van der Waals surface area contributed by atoms with Crippen molar-refractivity contribution in [3.63, 3.8) is 0 Å². The lowest BCUT2D eigenvalue weighted by molar-refractivity contribution is -0.117. The van der Waals surface area contributed by atoms with Crippen LogP contribution in [0, 0.1) is 0 Å². The molecule has 1 unspecified atom stereocenters. The van der Waals surface area contributed by atoms with Gasteiger partial charge in [-0.3, -0.25) is 15.1 Å². The van der Waals surface area contributed by atoms with E-state index >= 15 is 0 Å². The van der Waals surface area contributed by atoms with E-state index in [0.29, 0.717) is 24.3 Å². The van der Waals surface area contributed by atoms with E-state index in [1.54, 1.807) is 28.5 Å². The van der Waals surface area contributed by atoms with E-state index in [-0.39, 0.29) is 11.9 Å². The highest BCUT2D eigenvalue weighted by molar-refractivity contribution is 7.99. The molecule has 1 saturated carbocycles. The van der Waals surface area contributed by atoms with Gasteiger partial charge in [0.25, 0.3) is 0 Å². The summed E-state index contributed by atoms with van der Waals surface area (Å²) in [6.07, 6.45) is 2.09. The normalized spacial score (nSPS) is 23.9. The van der Waals surface area contributed by atoms with Crippen LogP contribution in [0.1, 0.15) is 38.2 Å². The van der Waals surface area contributed by atoms with Crippen LogP contribution < -0.4 is 25.3 Å². The summed E-state index contributed by atoms with van der Waals surface area (Å²) in [5.41, 5.74) is 7.25. The number of nitrogens with zero attached hydrogens (tertiary/aromatic N) is 3. The molecule has 8 nitrogen and oxygen atoms in total. The molecule has 1 aliphatic carbocycles. The van der Waals surface area contributed by atoms with Gasteiger partial charge in [-0.05, 0) is 55.7 Å². The van der Waals surface area contributed by atoms with E-state index in [4.69, 9.17) is 4.74 Å². The Morgan fingerprint density at radius 1 is 1.09 bits per heavy atom. The quantitative estimate of drug-likeness (QED) is 0.689. The number of amides is 2. The number of nitrogens with one attached hydrogen (secondary N) is 2. The molecule has 2 amide bonds. The minimum Gasteiger partial charge on any atom is -0.410 e. The molecule has 2 atom stereocenters. The summed E-state index contributed by atoms with van der Waals surface area (Å²) in [6, 6.07) is 12.3.